The molecule has 0 radical (unpaired) electrons. The summed E-state index contributed by atoms with van der Waals surface area (Å²) in [7, 11) is 0. The Morgan fingerprint density at radius 1 is 1.29 bits per heavy atom. The smallest absolute Gasteiger partial charge is 0.272 e. The van der Waals surface area contributed by atoms with Gasteiger partial charge in [-0.1, -0.05) is 18.1 Å². The monoisotopic (exact) mass is 382 g/mol. The largest absolute Gasteiger partial charge is 0.487 e. The van der Waals surface area contributed by atoms with Crippen LogP contribution in [0, 0.1) is 6.92 Å². The highest BCUT2D eigenvalue weighted by Crippen LogP contribution is 2.25. The summed E-state index contributed by atoms with van der Waals surface area (Å²) in [6, 6.07) is 8.74. The Hall–Kier alpha value is -3.26. The number of aryl methyl sites for hydroxylation is 1. The van der Waals surface area contributed by atoms with Crippen LogP contribution in [0.1, 0.15) is 42.1 Å². The highest BCUT2D eigenvalue weighted by atomic mass is 16.5. The van der Waals surface area contributed by atoms with E-state index < -0.39 is 11.6 Å². The first-order valence-corrected chi connectivity index (χ1v) is 8.90. The van der Waals surface area contributed by atoms with Crippen molar-refractivity contribution in [3.05, 3.63) is 59.7 Å². The van der Waals surface area contributed by atoms with Gasteiger partial charge < -0.3 is 19.7 Å². The summed E-state index contributed by atoms with van der Waals surface area (Å²) in [5.74, 6) is 0.684. The maximum atomic E-state index is 12.1. The minimum atomic E-state index is -1.28. The Bertz CT molecular complexity index is 937. The van der Waals surface area contributed by atoms with Crippen LogP contribution in [0.3, 0.4) is 0 Å². The number of nitrogens with zero attached hydrogens (tertiary/aromatic N) is 3. The zero-order valence-corrected chi connectivity index (χ0v) is 16.0. The fraction of sp³-hybridized carbons (Fsp3) is 0.300. The summed E-state index contributed by atoms with van der Waals surface area (Å²) in [5, 5.41) is 16.5. The van der Waals surface area contributed by atoms with Crippen LogP contribution in [0.25, 0.3) is 11.4 Å². The van der Waals surface area contributed by atoms with Gasteiger partial charge in [0.25, 0.3) is 5.91 Å². The molecule has 0 aliphatic rings. The van der Waals surface area contributed by atoms with Gasteiger partial charge in [-0.3, -0.25) is 9.78 Å². The fourth-order valence-electron chi connectivity index (χ4n) is 2.42. The number of rotatable bonds is 7. The van der Waals surface area contributed by atoms with Crippen molar-refractivity contribution in [2.75, 3.05) is 0 Å². The molecule has 1 amide bonds. The number of pyridine rings is 2. The molecule has 3 rings (SSSR count). The van der Waals surface area contributed by atoms with Crippen molar-refractivity contribution in [2.45, 2.75) is 39.5 Å². The van der Waals surface area contributed by atoms with E-state index in [0.717, 1.165) is 5.56 Å². The highest BCUT2D eigenvalue weighted by molar-refractivity contribution is 5.92. The second kappa shape index (κ2) is 8.18. The maximum Gasteiger partial charge on any atom is 0.272 e. The molecular formula is C20H22N4O4. The molecule has 3 aromatic rings. The molecule has 8 nitrogen and oxygen atoms in total. The molecule has 0 aliphatic carbocycles. The third-order valence-corrected chi connectivity index (χ3v) is 4.32. The number of aliphatic hydroxyl groups is 1. The molecule has 0 aromatic carbocycles. The van der Waals surface area contributed by atoms with Crippen molar-refractivity contribution in [2.24, 2.45) is 0 Å². The predicted octanol–water partition coefficient (Wildman–Crippen LogP) is 2.87. The van der Waals surface area contributed by atoms with E-state index >= 15 is 0 Å². The van der Waals surface area contributed by atoms with Crippen LogP contribution in [-0.2, 0) is 6.61 Å². The van der Waals surface area contributed by atoms with Crippen molar-refractivity contribution in [3.8, 4) is 17.1 Å². The summed E-state index contributed by atoms with van der Waals surface area (Å²) in [4.78, 5) is 20.5. The van der Waals surface area contributed by atoms with Gasteiger partial charge in [-0.25, -0.2) is 4.98 Å². The Morgan fingerprint density at radius 2 is 2.11 bits per heavy atom. The van der Waals surface area contributed by atoms with Crippen molar-refractivity contribution in [3.63, 3.8) is 0 Å². The van der Waals surface area contributed by atoms with Gasteiger partial charge >= 0.3 is 0 Å². The van der Waals surface area contributed by atoms with Crippen LogP contribution in [0.15, 0.2) is 47.2 Å². The fourth-order valence-corrected chi connectivity index (χ4v) is 2.42. The quantitative estimate of drug-likeness (QED) is 0.605. The third kappa shape index (κ3) is 4.52. The Kier molecular flexibility index (Phi) is 5.70. The molecule has 0 fully saturated rings. The molecule has 28 heavy (non-hydrogen) atoms. The molecule has 0 spiro atoms. The molecule has 2 N–H and O–H groups in total. The van der Waals surface area contributed by atoms with Gasteiger partial charge in [0.1, 0.15) is 35.2 Å². The number of hydrogen-bond acceptors (Lipinski definition) is 7. The van der Waals surface area contributed by atoms with Crippen LogP contribution in [-0.4, -0.2) is 31.9 Å². The minimum Gasteiger partial charge on any atom is -0.487 e. The first-order chi connectivity index (χ1) is 13.4. The van der Waals surface area contributed by atoms with E-state index in [0.29, 0.717) is 29.3 Å². The zero-order valence-electron chi connectivity index (χ0n) is 16.0. The van der Waals surface area contributed by atoms with E-state index in [9.17, 15) is 9.90 Å². The molecular weight excluding hydrogens is 360 g/mol. The lowest BCUT2D eigenvalue weighted by molar-refractivity contribution is 0.0198. The zero-order chi connectivity index (χ0) is 20.1. The predicted molar refractivity (Wildman–Crippen MR) is 101 cm³/mol. The van der Waals surface area contributed by atoms with E-state index in [2.05, 4.69) is 20.4 Å². The van der Waals surface area contributed by atoms with Gasteiger partial charge in [0.15, 0.2) is 0 Å². The first-order valence-electron chi connectivity index (χ1n) is 8.90. The summed E-state index contributed by atoms with van der Waals surface area (Å²) >= 11 is 0. The molecule has 146 valence electrons. The molecule has 0 aliphatic heterocycles. The molecule has 0 unspecified atom stereocenters. The van der Waals surface area contributed by atoms with Crippen molar-refractivity contribution in [1.29, 1.82) is 0 Å². The summed E-state index contributed by atoms with van der Waals surface area (Å²) in [5.41, 5.74) is 1.03. The van der Waals surface area contributed by atoms with Crippen molar-refractivity contribution in [1.82, 2.24) is 20.4 Å². The van der Waals surface area contributed by atoms with Crippen LogP contribution in [0.2, 0.25) is 0 Å². The summed E-state index contributed by atoms with van der Waals surface area (Å²) in [6.45, 7) is 5.34. The SMILES string of the molecule is CC[C@](C)(O)NC(=O)c1ccc(OCc2c(-c3ccccn3)noc2C)cn1. The van der Waals surface area contributed by atoms with E-state index in [1.165, 1.54) is 19.2 Å². The van der Waals surface area contributed by atoms with Crippen LogP contribution in [0.4, 0.5) is 0 Å². The number of nitrogens with one attached hydrogen (secondary N) is 1. The van der Waals surface area contributed by atoms with Gasteiger partial charge in [-0.2, -0.15) is 0 Å². The number of hydrogen-bond donors (Lipinski definition) is 2. The average molecular weight is 382 g/mol. The lowest BCUT2D eigenvalue weighted by Crippen LogP contribution is -2.45. The molecule has 0 saturated carbocycles. The summed E-state index contributed by atoms with van der Waals surface area (Å²) in [6.07, 6.45) is 3.53. The van der Waals surface area contributed by atoms with Crippen LogP contribution >= 0.6 is 0 Å². The summed E-state index contributed by atoms with van der Waals surface area (Å²) < 4.78 is 11.1. The average Bonchev–Trinajstić information content (AvgIpc) is 3.07. The minimum absolute atomic E-state index is 0.191. The lowest BCUT2D eigenvalue weighted by Gasteiger charge is -2.22. The van der Waals surface area contributed by atoms with Crippen LogP contribution < -0.4 is 10.1 Å². The lowest BCUT2D eigenvalue weighted by atomic mass is 10.1. The Balaban J connectivity index is 1.68. The highest BCUT2D eigenvalue weighted by Gasteiger charge is 2.21. The Labute approximate surface area is 162 Å². The number of aromatic nitrogens is 3. The topological polar surface area (TPSA) is 110 Å². The number of carbonyl (C=O) groups excluding carboxylic acids is 1. The number of carbonyl (C=O) groups is 1. The normalized spacial score (nSPS) is 13.0. The number of ether oxygens (including phenoxy) is 1. The third-order valence-electron chi connectivity index (χ3n) is 4.32. The molecule has 8 heteroatoms. The van der Waals surface area contributed by atoms with Crippen molar-refractivity contribution < 1.29 is 19.2 Å². The molecule has 3 aromatic heterocycles. The number of amides is 1. The standard InChI is InChI=1S/C20H22N4O4/c1-4-20(3,26)23-19(25)17-9-8-14(11-22-17)27-12-15-13(2)28-24-18(15)16-7-5-6-10-21-16/h5-11,26H,4,12H2,1-3H3,(H,23,25)/t20-/m0/s1. The van der Waals surface area contributed by atoms with Gasteiger partial charge in [0.2, 0.25) is 0 Å². The Morgan fingerprint density at radius 3 is 2.75 bits per heavy atom. The maximum absolute atomic E-state index is 12.1. The molecule has 0 saturated heterocycles. The van der Waals surface area contributed by atoms with E-state index in [4.69, 9.17) is 9.26 Å². The van der Waals surface area contributed by atoms with Crippen LogP contribution in [0.5, 0.6) is 5.75 Å². The van der Waals surface area contributed by atoms with E-state index in [1.807, 2.05) is 25.1 Å². The van der Waals surface area contributed by atoms with Gasteiger partial charge in [-0.15, -0.1) is 0 Å². The second-order valence-electron chi connectivity index (χ2n) is 6.53. The van der Waals surface area contributed by atoms with Gasteiger partial charge in [0.05, 0.1) is 17.5 Å². The van der Waals surface area contributed by atoms with E-state index in [1.54, 1.807) is 19.2 Å². The molecule has 1 atom stereocenters. The van der Waals surface area contributed by atoms with Gasteiger partial charge in [0, 0.05) is 6.20 Å². The van der Waals surface area contributed by atoms with E-state index in [-0.39, 0.29) is 12.3 Å². The van der Waals surface area contributed by atoms with Gasteiger partial charge in [-0.05, 0) is 44.5 Å². The van der Waals surface area contributed by atoms with Crippen molar-refractivity contribution >= 4 is 5.91 Å². The molecule has 3 heterocycles. The second-order valence-corrected chi connectivity index (χ2v) is 6.53. The molecule has 0 bridgehead atoms. The first kappa shape index (κ1) is 19.5.